The zero-order valence-electron chi connectivity index (χ0n) is 52.7. The van der Waals surface area contributed by atoms with Crippen molar-refractivity contribution in [2.75, 3.05) is 27.2 Å². The summed E-state index contributed by atoms with van der Waals surface area (Å²) >= 11 is 2.94. The monoisotopic (exact) mass is 1240 g/mol. The highest BCUT2D eigenvalue weighted by atomic mass is 32.1. The molecule has 466 valence electrons. The SMILES string of the molecule is CN[C@@H](C)C(=O)N[C@H](C(=O)N1C[C@@H](NC(=O)c2ccc(-c3ccc(C(=O)N[C@H]4C[C@@H](c5nc(-c6cccc(-c7ccccc7)c6)cs5)N(C(=O)[C@@H](NC(=O)[C@H](C)NC)C(C)(C)C)C4)cc3)cc2)C[C@H]1c1nc(-c2cccc(-c3ccccc3)c2)cs1)C(C)(C)C. The molecule has 0 bridgehead atoms. The molecule has 16 nitrogen and oxygen atoms in total. The van der Waals surface area contributed by atoms with Crippen LogP contribution in [0, 0.1) is 10.8 Å². The summed E-state index contributed by atoms with van der Waals surface area (Å²) in [6.07, 6.45) is 0.821. The highest BCUT2D eigenvalue weighted by Crippen LogP contribution is 2.41. The number of aromatic nitrogens is 2. The topological polar surface area (TPSA) is 207 Å². The number of carbonyl (C=O) groups excluding carboxylic acids is 6. The minimum Gasteiger partial charge on any atom is -0.347 e. The number of nitrogens with zero attached hydrogens (tertiary/aromatic N) is 4. The summed E-state index contributed by atoms with van der Waals surface area (Å²) in [6, 6.07) is 46.7. The number of nitrogens with one attached hydrogen (secondary N) is 6. The van der Waals surface area contributed by atoms with Gasteiger partial charge in [-0.3, -0.25) is 28.8 Å². The zero-order chi connectivity index (χ0) is 64.0. The van der Waals surface area contributed by atoms with Gasteiger partial charge in [-0.05, 0) is 121 Å². The van der Waals surface area contributed by atoms with Gasteiger partial charge < -0.3 is 41.7 Å². The molecule has 0 aliphatic carbocycles. The van der Waals surface area contributed by atoms with E-state index in [-0.39, 0.29) is 48.5 Å². The van der Waals surface area contributed by atoms with Crippen LogP contribution in [0.3, 0.4) is 0 Å². The van der Waals surface area contributed by atoms with Gasteiger partial charge in [0, 0.05) is 58.2 Å². The summed E-state index contributed by atoms with van der Waals surface area (Å²) < 4.78 is 0. The molecule has 2 fully saturated rings. The fourth-order valence-corrected chi connectivity index (χ4v) is 13.5. The molecular formula is C72H80N10O6S2. The van der Waals surface area contributed by atoms with Gasteiger partial charge in [-0.1, -0.05) is 163 Å². The Labute approximate surface area is 535 Å². The van der Waals surface area contributed by atoms with Crippen LogP contribution in [0.5, 0.6) is 0 Å². The Morgan fingerprint density at radius 1 is 0.456 bits per heavy atom. The van der Waals surface area contributed by atoms with Gasteiger partial charge in [0.2, 0.25) is 23.6 Å². The molecule has 6 N–H and O–H groups in total. The predicted molar refractivity (Wildman–Crippen MR) is 358 cm³/mol. The van der Waals surface area contributed by atoms with Crippen molar-refractivity contribution in [3.63, 3.8) is 0 Å². The summed E-state index contributed by atoms with van der Waals surface area (Å²) in [5.74, 6) is -1.68. The quantitative estimate of drug-likeness (QED) is 0.0452. The number of rotatable bonds is 19. The standard InChI is InChI=1S/C72H80N10O6S2/c1-43(73-9)63(83)79-61(71(3,4)5)69(87)81-39-55(37-59(81)67-77-57(41-89-67)53-25-17-23-51(35-53)45-19-13-11-14-20-45)75-65(85)49-31-27-47(28-32-49)48-29-33-50(34-30-48)66(86)76-56-38-60(82(40-56)70(88)62(72(6,7)8)80-64(84)44(2)74-10)68-78-58(42-90-68)54-26-18-24-52(36-54)46-21-15-12-16-22-46/h11-36,41-44,55-56,59-62,73-74H,37-40H2,1-10H3,(H,75,85)(H,76,86)(H,79,83)(H,80,84)/t43-,44-,55-,56-,59-,60-,61+,62+/m0/s1. The summed E-state index contributed by atoms with van der Waals surface area (Å²) in [4.78, 5) is 98.6. The van der Waals surface area contributed by atoms with E-state index in [0.29, 0.717) is 24.0 Å². The minimum absolute atomic E-state index is 0.208. The molecule has 8 atom stereocenters. The van der Waals surface area contributed by atoms with E-state index < -0.39 is 59.2 Å². The average molecular weight is 1250 g/mol. The van der Waals surface area contributed by atoms with E-state index in [1.54, 1.807) is 62.0 Å². The molecule has 6 aromatic carbocycles. The van der Waals surface area contributed by atoms with E-state index in [1.165, 1.54) is 22.7 Å². The molecule has 6 amide bonds. The third kappa shape index (κ3) is 14.8. The first-order chi connectivity index (χ1) is 43.1. The second kappa shape index (κ2) is 27.6. The van der Waals surface area contributed by atoms with Crippen LogP contribution in [0.2, 0.25) is 0 Å². The van der Waals surface area contributed by atoms with Crippen LogP contribution in [0.15, 0.2) is 168 Å². The van der Waals surface area contributed by atoms with Crippen molar-refractivity contribution in [2.24, 2.45) is 10.8 Å². The van der Waals surface area contributed by atoms with Crippen LogP contribution in [0.1, 0.15) is 111 Å². The first-order valence-corrected chi connectivity index (χ1v) is 32.4. The Morgan fingerprint density at radius 2 is 0.789 bits per heavy atom. The highest BCUT2D eigenvalue weighted by Gasteiger charge is 2.46. The molecule has 10 rings (SSSR count). The molecule has 0 unspecified atom stereocenters. The van der Waals surface area contributed by atoms with Gasteiger partial charge in [-0.25, -0.2) is 9.97 Å². The van der Waals surface area contributed by atoms with Crippen molar-refractivity contribution in [1.82, 2.24) is 51.7 Å². The second-order valence-corrected chi connectivity index (χ2v) is 27.4. The summed E-state index contributed by atoms with van der Waals surface area (Å²) in [6.45, 7) is 15.5. The number of benzene rings is 6. The number of hydrogen-bond donors (Lipinski definition) is 6. The average Bonchev–Trinajstić information content (AvgIpc) is 1.70. The van der Waals surface area contributed by atoms with Crippen molar-refractivity contribution >= 4 is 58.1 Å². The fourth-order valence-electron chi connectivity index (χ4n) is 11.6. The lowest BCUT2D eigenvalue weighted by Gasteiger charge is -2.36. The highest BCUT2D eigenvalue weighted by molar-refractivity contribution is 7.10. The molecule has 2 saturated heterocycles. The van der Waals surface area contributed by atoms with E-state index in [1.807, 2.05) is 137 Å². The Bertz CT molecular complexity index is 3610. The van der Waals surface area contributed by atoms with Crippen molar-refractivity contribution in [2.45, 2.75) is 117 Å². The van der Waals surface area contributed by atoms with E-state index in [0.717, 1.165) is 65.9 Å². The molecular weight excluding hydrogens is 1160 g/mol. The van der Waals surface area contributed by atoms with Gasteiger partial charge in [0.05, 0.1) is 35.6 Å². The molecule has 4 heterocycles. The van der Waals surface area contributed by atoms with E-state index >= 15 is 0 Å². The molecule has 2 aliphatic rings. The fraction of sp³-hybridized carbons (Fsp3) is 0.333. The maximum atomic E-state index is 14.9. The van der Waals surface area contributed by atoms with E-state index in [2.05, 4.69) is 80.4 Å². The summed E-state index contributed by atoms with van der Waals surface area (Å²) in [5.41, 5.74) is 9.01. The lowest BCUT2D eigenvalue weighted by atomic mass is 9.85. The van der Waals surface area contributed by atoms with Crippen LogP contribution in [0.25, 0.3) is 55.9 Å². The molecule has 8 aromatic rings. The largest absolute Gasteiger partial charge is 0.347 e. The van der Waals surface area contributed by atoms with Crippen molar-refractivity contribution in [1.29, 1.82) is 0 Å². The molecule has 0 spiro atoms. The molecule has 2 aromatic heterocycles. The number of amides is 6. The third-order valence-corrected chi connectivity index (χ3v) is 19.0. The number of thiazole rings is 2. The van der Waals surface area contributed by atoms with Crippen LogP contribution in [-0.2, 0) is 19.2 Å². The van der Waals surface area contributed by atoms with Crippen molar-refractivity contribution < 1.29 is 28.8 Å². The first kappa shape index (κ1) is 64.3. The first-order valence-electron chi connectivity index (χ1n) is 30.7. The van der Waals surface area contributed by atoms with Gasteiger partial charge in [0.1, 0.15) is 22.1 Å². The van der Waals surface area contributed by atoms with Gasteiger partial charge in [0.15, 0.2) is 0 Å². The summed E-state index contributed by atoms with van der Waals surface area (Å²) in [5, 5.41) is 23.9. The molecule has 0 radical (unpaired) electrons. The number of hydrogen-bond acceptors (Lipinski definition) is 12. The van der Waals surface area contributed by atoms with Crippen LogP contribution < -0.4 is 31.9 Å². The van der Waals surface area contributed by atoms with Crippen LogP contribution >= 0.6 is 22.7 Å². The number of carbonyl (C=O) groups is 6. The molecule has 90 heavy (non-hydrogen) atoms. The number of likely N-dealkylation sites (N-methyl/N-ethyl adjacent to an activating group) is 2. The molecule has 2 aliphatic heterocycles. The zero-order valence-corrected chi connectivity index (χ0v) is 54.3. The van der Waals surface area contributed by atoms with E-state index in [9.17, 15) is 28.8 Å². The van der Waals surface area contributed by atoms with Crippen LogP contribution in [0.4, 0.5) is 0 Å². The normalized spacial score (nSPS) is 18.1. The summed E-state index contributed by atoms with van der Waals surface area (Å²) in [7, 11) is 3.40. The lowest BCUT2D eigenvalue weighted by molar-refractivity contribution is -0.140. The molecule has 0 saturated carbocycles. The minimum atomic E-state index is -0.861. The van der Waals surface area contributed by atoms with Crippen molar-refractivity contribution in [3.8, 4) is 55.9 Å². The maximum Gasteiger partial charge on any atom is 0.251 e. The van der Waals surface area contributed by atoms with Gasteiger partial charge in [0.25, 0.3) is 11.8 Å². The smallest absolute Gasteiger partial charge is 0.251 e. The predicted octanol–water partition coefficient (Wildman–Crippen LogP) is 11.4. The second-order valence-electron chi connectivity index (χ2n) is 25.7. The third-order valence-electron chi connectivity index (χ3n) is 17.1. The Kier molecular flexibility index (Phi) is 19.7. The van der Waals surface area contributed by atoms with Crippen molar-refractivity contribution in [3.05, 3.63) is 190 Å². The van der Waals surface area contributed by atoms with Gasteiger partial charge in [-0.15, -0.1) is 22.7 Å². The number of likely N-dealkylation sites (tertiary alicyclic amines) is 2. The van der Waals surface area contributed by atoms with Gasteiger partial charge >= 0.3 is 0 Å². The Hall–Kier alpha value is -8.68. The van der Waals surface area contributed by atoms with Gasteiger partial charge in [-0.2, -0.15) is 0 Å². The lowest BCUT2D eigenvalue weighted by Crippen LogP contribution is -2.57. The molecule has 18 heteroatoms. The van der Waals surface area contributed by atoms with Crippen LogP contribution in [-0.4, -0.2) is 119 Å². The van der Waals surface area contributed by atoms with E-state index in [4.69, 9.17) is 9.97 Å². The Balaban J connectivity index is 0.828. The Morgan fingerprint density at radius 3 is 1.13 bits per heavy atom. The maximum absolute atomic E-state index is 14.9.